The number of nitrogens with one attached hydrogen (secondary N) is 1. The standard InChI is InChI=1S/C16H11N7S/c17-8-12-9-20-15-13(18)7-14(22-23(12)15)21-11-3-1-2-10(6-11)16-19-4-5-24-16/h1-7,9H,18H2,(H,21,22). The first-order chi connectivity index (χ1) is 11.7. The molecule has 0 bridgehead atoms. The molecule has 0 saturated carbocycles. The molecule has 7 nitrogen and oxygen atoms in total. The number of fused-ring (bicyclic) bond motifs is 1. The predicted octanol–water partition coefficient (Wildman–Crippen LogP) is 3.05. The lowest BCUT2D eigenvalue weighted by Crippen LogP contribution is -2.03. The number of rotatable bonds is 3. The maximum Gasteiger partial charge on any atom is 0.178 e. The zero-order chi connectivity index (χ0) is 16.5. The quantitative estimate of drug-likeness (QED) is 0.597. The molecule has 8 heteroatoms. The molecule has 4 aromatic rings. The number of nitrogens with zero attached hydrogens (tertiary/aromatic N) is 5. The van der Waals surface area contributed by atoms with Crippen molar-refractivity contribution in [2.45, 2.75) is 0 Å². The Kier molecular flexibility index (Phi) is 3.33. The largest absolute Gasteiger partial charge is 0.396 e. The van der Waals surface area contributed by atoms with E-state index in [0.717, 1.165) is 16.3 Å². The van der Waals surface area contributed by atoms with Crippen LogP contribution in [0.5, 0.6) is 0 Å². The number of aromatic nitrogens is 4. The molecule has 3 aromatic heterocycles. The van der Waals surface area contributed by atoms with E-state index < -0.39 is 0 Å². The molecule has 0 aliphatic heterocycles. The van der Waals surface area contributed by atoms with Crippen molar-refractivity contribution in [2.24, 2.45) is 0 Å². The van der Waals surface area contributed by atoms with Gasteiger partial charge in [-0.05, 0) is 12.1 Å². The summed E-state index contributed by atoms with van der Waals surface area (Å²) >= 11 is 1.58. The summed E-state index contributed by atoms with van der Waals surface area (Å²) in [5.74, 6) is 0.533. The minimum Gasteiger partial charge on any atom is -0.396 e. The Balaban J connectivity index is 1.72. The monoisotopic (exact) mass is 333 g/mol. The van der Waals surface area contributed by atoms with Crippen molar-refractivity contribution in [1.29, 1.82) is 5.26 Å². The van der Waals surface area contributed by atoms with Gasteiger partial charge in [0.25, 0.3) is 0 Å². The van der Waals surface area contributed by atoms with E-state index in [4.69, 9.17) is 11.0 Å². The second-order valence-corrected chi connectivity index (χ2v) is 5.91. The predicted molar refractivity (Wildman–Crippen MR) is 92.9 cm³/mol. The van der Waals surface area contributed by atoms with Gasteiger partial charge in [0.15, 0.2) is 17.2 Å². The van der Waals surface area contributed by atoms with Gasteiger partial charge in [0.1, 0.15) is 11.1 Å². The van der Waals surface area contributed by atoms with Crippen molar-refractivity contribution >= 4 is 34.2 Å². The van der Waals surface area contributed by atoms with Gasteiger partial charge in [-0.3, -0.25) is 0 Å². The Bertz CT molecular complexity index is 1060. The van der Waals surface area contributed by atoms with E-state index >= 15 is 0 Å². The van der Waals surface area contributed by atoms with Crippen molar-refractivity contribution in [2.75, 3.05) is 11.1 Å². The zero-order valence-electron chi connectivity index (χ0n) is 12.3. The van der Waals surface area contributed by atoms with Crippen LogP contribution in [0.3, 0.4) is 0 Å². The SMILES string of the molecule is N#Cc1cnc2c(N)cc(Nc3cccc(-c4nccs4)c3)nn12. The summed E-state index contributed by atoms with van der Waals surface area (Å²) in [5, 5.41) is 19.6. The van der Waals surface area contributed by atoms with E-state index in [1.54, 1.807) is 23.6 Å². The number of nitriles is 1. The summed E-state index contributed by atoms with van der Waals surface area (Å²) in [6, 6.07) is 11.6. The minimum absolute atomic E-state index is 0.330. The molecule has 0 radical (unpaired) electrons. The van der Waals surface area contributed by atoms with Crippen LogP contribution < -0.4 is 11.1 Å². The summed E-state index contributed by atoms with van der Waals surface area (Å²) in [4.78, 5) is 8.42. The Morgan fingerprint density at radius 2 is 2.17 bits per heavy atom. The van der Waals surface area contributed by atoms with E-state index in [-0.39, 0.29) is 0 Å². The second kappa shape index (κ2) is 5.64. The number of hydrogen-bond acceptors (Lipinski definition) is 7. The maximum atomic E-state index is 9.12. The average Bonchev–Trinajstić information content (AvgIpc) is 3.25. The molecule has 0 unspecified atom stereocenters. The van der Waals surface area contributed by atoms with E-state index in [0.29, 0.717) is 22.8 Å². The zero-order valence-corrected chi connectivity index (χ0v) is 13.2. The fourth-order valence-electron chi connectivity index (χ4n) is 2.37. The third-order valence-corrected chi connectivity index (χ3v) is 4.25. The molecule has 0 amide bonds. The van der Waals surface area contributed by atoms with Crippen molar-refractivity contribution < 1.29 is 0 Å². The minimum atomic E-state index is 0.330. The molecular formula is C16H11N7S. The molecular weight excluding hydrogens is 322 g/mol. The van der Waals surface area contributed by atoms with Crippen LogP contribution in [0.15, 0.2) is 48.1 Å². The molecule has 0 fully saturated rings. The first-order valence-electron chi connectivity index (χ1n) is 7.06. The first-order valence-corrected chi connectivity index (χ1v) is 7.94. The average molecular weight is 333 g/mol. The van der Waals surface area contributed by atoms with Crippen molar-refractivity contribution in [3.63, 3.8) is 0 Å². The summed E-state index contributed by atoms with van der Waals surface area (Å²) in [6.45, 7) is 0. The second-order valence-electron chi connectivity index (χ2n) is 5.02. The summed E-state index contributed by atoms with van der Waals surface area (Å²) < 4.78 is 1.43. The van der Waals surface area contributed by atoms with Gasteiger partial charge in [0.2, 0.25) is 0 Å². The highest BCUT2D eigenvalue weighted by Crippen LogP contribution is 2.26. The van der Waals surface area contributed by atoms with Crippen molar-refractivity contribution in [3.05, 3.63) is 53.8 Å². The molecule has 24 heavy (non-hydrogen) atoms. The normalized spacial score (nSPS) is 10.6. The molecule has 4 rings (SSSR count). The molecule has 0 atom stereocenters. The van der Waals surface area contributed by atoms with Crippen LogP contribution in [0.25, 0.3) is 16.2 Å². The van der Waals surface area contributed by atoms with Gasteiger partial charge in [0.05, 0.1) is 11.9 Å². The van der Waals surface area contributed by atoms with Gasteiger partial charge >= 0.3 is 0 Å². The van der Waals surface area contributed by atoms with Crippen LogP contribution in [0.4, 0.5) is 17.2 Å². The van der Waals surface area contributed by atoms with Gasteiger partial charge < -0.3 is 11.1 Å². The number of benzene rings is 1. The number of nitrogens with two attached hydrogens (primary N) is 1. The Labute approximate surface area is 141 Å². The molecule has 3 N–H and O–H groups in total. The molecule has 0 spiro atoms. The number of nitrogen functional groups attached to an aromatic ring is 1. The number of anilines is 3. The van der Waals surface area contributed by atoms with Crippen LogP contribution in [-0.2, 0) is 0 Å². The fourth-order valence-corrected chi connectivity index (χ4v) is 3.01. The van der Waals surface area contributed by atoms with E-state index in [1.165, 1.54) is 10.7 Å². The third-order valence-electron chi connectivity index (χ3n) is 3.42. The number of hydrogen-bond donors (Lipinski definition) is 2. The number of thiazole rings is 1. The van der Waals surface area contributed by atoms with E-state index in [1.807, 2.05) is 35.7 Å². The maximum absolute atomic E-state index is 9.12. The summed E-state index contributed by atoms with van der Waals surface area (Å²) in [6.07, 6.45) is 3.23. The molecule has 3 heterocycles. The molecule has 116 valence electrons. The van der Waals surface area contributed by atoms with E-state index in [2.05, 4.69) is 20.4 Å². The van der Waals surface area contributed by atoms with Crippen LogP contribution in [0, 0.1) is 11.3 Å². The molecule has 0 aliphatic carbocycles. The van der Waals surface area contributed by atoms with E-state index in [9.17, 15) is 0 Å². The third kappa shape index (κ3) is 2.43. The lowest BCUT2D eigenvalue weighted by molar-refractivity contribution is 0.928. The Morgan fingerprint density at radius 1 is 1.25 bits per heavy atom. The highest BCUT2D eigenvalue weighted by Gasteiger charge is 2.10. The highest BCUT2D eigenvalue weighted by molar-refractivity contribution is 7.13. The molecule has 1 aromatic carbocycles. The van der Waals surface area contributed by atoms with Gasteiger partial charge in [-0.2, -0.15) is 9.78 Å². The van der Waals surface area contributed by atoms with Crippen LogP contribution in [0.1, 0.15) is 5.69 Å². The Morgan fingerprint density at radius 3 is 2.96 bits per heavy atom. The van der Waals surface area contributed by atoms with Crippen LogP contribution in [-0.4, -0.2) is 19.6 Å². The van der Waals surface area contributed by atoms with Crippen LogP contribution >= 0.6 is 11.3 Å². The lowest BCUT2D eigenvalue weighted by atomic mass is 10.2. The van der Waals surface area contributed by atoms with Gasteiger partial charge in [-0.25, -0.2) is 9.97 Å². The van der Waals surface area contributed by atoms with Crippen molar-refractivity contribution in [1.82, 2.24) is 19.6 Å². The molecule has 0 aliphatic rings. The van der Waals surface area contributed by atoms with Gasteiger partial charge in [0, 0.05) is 28.9 Å². The summed E-state index contributed by atoms with van der Waals surface area (Å²) in [7, 11) is 0. The fraction of sp³-hybridized carbons (Fsp3) is 0. The Hall–Kier alpha value is -3.44. The van der Waals surface area contributed by atoms with Gasteiger partial charge in [-0.15, -0.1) is 16.4 Å². The van der Waals surface area contributed by atoms with Crippen LogP contribution in [0.2, 0.25) is 0 Å². The topological polar surface area (TPSA) is 105 Å². The molecule has 0 saturated heterocycles. The lowest BCUT2D eigenvalue weighted by Gasteiger charge is -2.08. The van der Waals surface area contributed by atoms with Gasteiger partial charge in [-0.1, -0.05) is 12.1 Å². The summed E-state index contributed by atoms with van der Waals surface area (Å²) in [5.41, 5.74) is 9.12. The first kappa shape index (κ1) is 14.2. The van der Waals surface area contributed by atoms with Crippen molar-refractivity contribution in [3.8, 4) is 16.6 Å². The smallest absolute Gasteiger partial charge is 0.178 e. The number of imidazole rings is 1. The highest BCUT2D eigenvalue weighted by atomic mass is 32.1.